The van der Waals surface area contributed by atoms with Crippen LogP contribution in [0.1, 0.15) is 23.4 Å². The number of aryl methyl sites for hydroxylation is 1. The number of benzene rings is 1. The highest BCUT2D eigenvalue weighted by molar-refractivity contribution is 9.10. The van der Waals surface area contributed by atoms with Gasteiger partial charge in [0.2, 0.25) is 0 Å². The molecule has 0 aliphatic carbocycles. The van der Waals surface area contributed by atoms with E-state index in [1.165, 1.54) is 4.57 Å². The molecule has 0 fully saturated rings. The molecule has 6 heteroatoms. The summed E-state index contributed by atoms with van der Waals surface area (Å²) in [5.74, 6) is -0.867. The van der Waals surface area contributed by atoms with Gasteiger partial charge in [0.25, 0.3) is 0 Å². The summed E-state index contributed by atoms with van der Waals surface area (Å²) in [4.78, 5) is 27.0. The van der Waals surface area contributed by atoms with Crippen molar-refractivity contribution in [1.29, 1.82) is 0 Å². The summed E-state index contributed by atoms with van der Waals surface area (Å²) in [6.45, 7) is 3.55. The second kappa shape index (κ2) is 6.22. The maximum atomic E-state index is 12.2. The zero-order valence-corrected chi connectivity index (χ0v) is 13.3. The molecule has 0 amide bonds. The standard InChI is InChI=1S/C15H15BrN2O3/c1-9-13(6-7-14(19)20)10(2)18(15(21)17-9)12-5-3-4-11(16)8-12/h3-5,8H,6-7H2,1-2H3,(H,19,20). The molecular weight excluding hydrogens is 336 g/mol. The van der Waals surface area contributed by atoms with Crippen LogP contribution in [0.3, 0.4) is 0 Å². The molecule has 0 saturated carbocycles. The second-order valence-electron chi connectivity index (χ2n) is 4.75. The van der Waals surface area contributed by atoms with Crippen molar-refractivity contribution in [3.8, 4) is 5.69 Å². The van der Waals surface area contributed by atoms with Crippen LogP contribution in [0.2, 0.25) is 0 Å². The highest BCUT2D eigenvalue weighted by Crippen LogP contribution is 2.19. The van der Waals surface area contributed by atoms with Crippen molar-refractivity contribution in [3.63, 3.8) is 0 Å². The quantitative estimate of drug-likeness (QED) is 0.919. The molecule has 0 unspecified atom stereocenters. The first-order chi connectivity index (χ1) is 9.90. The predicted octanol–water partition coefficient (Wildman–Crippen LogP) is 2.63. The van der Waals surface area contributed by atoms with E-state index in [0.717, 1.165) is 15.7 Å². The lowest BCUT2D eigenvalue weighted by molar-refractivity contribution is -0.136. The number of hydrogen-bond donors (Lipinski definition) is 1. The minimum absolute atomic E-state index is 0.0139. The Morgan fingerprint density at radius 2 is 2.10 bits per heavy atom. The maximum Gasteiger partial charge on any atom is 0.352 e. The van der Waals surface area contributed by atoms with Crippen molar-refractivity contribution in [2.24, 2.45) is 0 Å². The molecule has 0 bridgehead atoms. The van der Waals surface area contributed by atoms with Gasteiger partial charge in [0, 0.05) is 22.3 Å². The number of halogens is 1. The first-order valence-electron chi connectivity index (χ1n) is 6.47. The molecule has 2 aromatic rings. The number of aliphatic carboxylic acids is 1. The number of carbonyl (C=O) groups is 1. The third kappa shape index (κ3) is 3.39. The molecule has 5 nitrogen and oxygen atoms in total. The highest BCUT2D eigenvalue weighted by Gasteiger charge is 2.14. The fourth-order valence-electron chi connectivity index (χ4n) is 2.31. The summed E-state index contributed by atoms with van der Waals surface area (Å²) in [6.07, 6.45) is 0.369. The maximum absolute atomic E-state index is 12.2. The monoisotopic (exact) mass is 350 g/mol. The van der Waals surface area contributed by atoms with Gasteiger partial charge in [-0.25, -0.2) is 4.79 Å². The van der Waals surface area contributed by atoms with Gasteiger partial charge in [-0.3, -0.25) is 9.36 Å². The molecule has 0 radical (unpaired) electrons. The van der Waals surface area contributed by atoms with Gasteiger partial charge in [-0.1, -0.05) is 22.0 Å². The van der Waals surface area contributed by atoms with Crippen LogP contribution >= 0.6 is 15.9 Å². The summed E-state index contributed by atoms with van der Waals surface area (Å²) < 4.78 is 2.37. The summed E-state index contributed by atoms with van der Waals surface area (Å²) in [6, 6.07) is 7.35. The highest BCUT2D eigenvalue weighted by atomic mass is 79.9. The topological polar surface area (TPSA) is 72.2 Å². The van der Waals surface area contributed by atoms with E-state index in [4.69, 9.17) is 5.11 Å². The van der Waals surface area contributed by atoms with Gasteiger partial charge in [-0.05, 0) is 44.0 Å². The van der Waals surface area contributed by atoms with E-state index in [2.05, 4.69) is 20.9 Å². The van der Waals surface area contributed by atoms with Crippen molar-refractivity contribution >= 4 is 21.9 Å². The second-order valence-corrected chi connectivity index (χ2v) is 5.67. The van der Waals surface area contributed by atoms with Gasteiger partial charge in [-0.15, -0.1) is 0 Å². The Bertz CT molecular complexity index is 753. The van der Waals surface area contributed by atoms with E-state index < -0.39 is 5.97 Å². The van der Waals surface area contributed by atoms with E-state index in [1.54, 1.807) is 6.92 Å². The van der Waals surface area contributed by atoms with Gasteiger partial charge in [-0.2, -0.15) is 4.98 Å². The van der Waals surface area contributed by atoms with Crippen molar-refractivity contribution in [2.45, 2.75) is 26.7 Å². The van der Waals surface area contributed by atoms with E-state index >= 15 is 0 Å². The first-order valence-corrected chi connectivity index (χ1v) is 7.26. The summed E-state index contributed by atoms with van der Waals surface area (Å²) in [7, 11) is 0. The largest absolute Gasteiger partial charge is 0.481 e. The number of nitrogens with zero attached hydrogens (tertiary/aromatic N) is 2. The Balaban J connectivity index is 2.59. The molecule has 0 aliphatic heterocycles. The lowest BCUT2D eigenvalue weighted by Gasteiger charge is -2.15. The van der Waals surface area contributed by atoms with Gasteiger partial charge >= 0.3 is 11.7 Å². The summed E-state index contributed by atoms with van der Waals surface area (Å²) in [5, 5.41) is 8.84. The third-order valence-electron chi connectivity index (χ3n) is 3.32. The molecule has 0 saturated heterocycles. The molecule has 0 spiro atoms. The molecule has 2 rings (SSSR count). The Hall–Kier alpha value is -1.95. The van der Waals surface area contributed by atoms with Crippen LogP contribution < -0.4 is 5.69 Å². The SMILES string of the molecule is Cc1nc(=O)n(-c2cccc(Br)c2)c(C)c1CCC(=O)O. The Morgan fingerprint density at radius 3 is 2.71 bits per heavy atom. The number of hydrogen-bond acceptors (Lipinski definition) is 3. The van der Waals surface area contributed by atoms with Crippen LogP contribution in [0.5, 0.6) is 0 Å². The normalized spacial score (nSPS) is 10.6. The molecule has 0 aliphatic rings. The van der Waals surface area contributed by atoms with Crippen LogP contribution in [0.4, 0.5) is 0 Å². The lowest BCUT2D eigenvalue weighted by Crippen LogP contribution is -2.26. The van der Waals surface area contributed by atoms with Crippen molar-refractivity contribution in [1.82, 2.24) is 9.55 Å². The fraction of sp³-hybridized carbons (Fsp3) is 0.267. The smallest absolute Gasteiger partial charge is 0.352 e. The van der Waals surface area contributed by atoms with Crippen molar-refractivity contribution in [2.75, 3.05) is 0 Å². The Kier molecular flexibility index (Phi) is 4.57. The number of rotatable bonds is 4. The van der Waals surface area contributed by atoms with Crippen molar-refractivity contribution < 1.29 is 9.90 Å². The summed E-state index contributed by atoms with van der Waals surface area (Å²) in [5.41, 5.74) is 2.46. The summed E-state index contributed by atoms with van der Waals surface area (Å²) >= 11 is 3.38. The number of aromatic nitrogens is 2. The van der Waals surface area contributed by atoms with Crippen LogP contribution in [0, 0.1) is 13.8 Å². The minimum Gasteiger partial charge on any atom is -0.481 e. The molecule has 0 atom stereocenters. The van der Waals surface area contributed by atoms with Crippen LogP contribution in [-0.4, -0.2) is 20.6 Å². The number of carboxylic acid groups (broad SMARTS) is 1. The van der Waals surface area contributed by atoms with E-state index in [9.17, 15) is 9.59 Å². The molecule has 1 aromatic carbocycles. The molecule has 21 heavy (non-hydrogen) atoms. The zero-order chi connectivity index (χ0) is 15.6. The lowest BCUT2D eigenvalue weighted by atomic mass is 10.1. The molecule has 110 valence electrons. The molecule has 1 aromatic heterocycles. The van der Waals surface area contributed by atoms with E-state index in [1.807, 2.05) is 31.2 Å². The van der Waals surface area contributed by atoms with Gasteiger partial charge in [0.05, 0.1) is 5.69 Å². The van der Waals surface area contributed by atoms with E-state index in [0.29, 0.717) is 17.8 Å². The van der Waals surface area contributed by atoms with Crippen LogP contribution in [0.25, 0.3) is 5.69 Å². The predicted molar refractivity (Wildman–Crippen MR) is 83.0 cm³/mol. The Morgan fingerprint density at radius 1 is 1.38 bits per heavy atom. The van der Waals surface area contributed by atoms with Gasteiger partial charge < -0.3 is 5.11 Å². The third-order valence-corrected chi connectivity index (χ3v) is 3.81. The minimum atomic E-state index is -0.867. The first kappa shape index (κ1) is 15.4. The fourth-order valence-corrected chi connectivity index (χ4v) is 2.70. The van der Waals surface area contributed by atoms with Crippen LogP contribution in [0.15, 0.2) is 33.5 Å². The number of carboxylic acids is 1. The zero-order valence-electron chi connectivity index (χ0n) is 11.8. The molecule has 1 heterocycles. The Labute approximate surface area is 130 Å². The van der Waals surface area contributed by atoms with Crippen LogP contribution in [-0.2, 0) is 11.2 Å². The average Bonchev–Trinajstić information content (AvgIpc) is 2.37. The van der Waals surface area contributed by atoms with E-state index in [-0.39, 0.29) is 12.1 Å². The van der Waals surface area contributed by atoms with Gasteiger partial charge in [0.1, 0.15) is 0 Å². The molecule has 1 N–H and O–H groups in total. The van der Waals surface area contributed by atoms with Gasteiger partial charge in [0.15, 0.2) is 0 Å². The van der Waals surface area contributed by atoms with Crippen molar-refractivity contribution in [3.05, 3.63) is 56.2 Å². The molecular formula is C15H15BrN2O3. The average molecular weight is 351 g/mol.